The molecule has 0 spiro atoms. The first kappa shape index (κ1) is 15.0. The van der Waals surface area contributed by atoms with Crippen molar-refractivity contribution in [1.82, 2.24) is 5.32 Å². The van der Waals surface area contributed by atoms with E-state index in [2.05, 4.69) is 18.0 Å². The Labute approximate surface area is 120 Å². The van der Waals surface area contributed by atoms with Crippen LogP contribution < -0.4 is 15.3 Å². The highest BCUT2D eigenvalue weighted by molar-refractivity contribution is 5.76. The SMILES string of the molecule is C=C[C@H]1C[NH+]2CC[C@H]1C[C@@H]2CNC(=O)CCCC(=O)[O-]. The van der Waals surface area contributed by atoms with Gasteiger partial charge in [0.25, 0.3) is 0 Å². The average Bonchev–Trinajstić information content (AvgIpc) is 2.45. The van der Waals surface area contributed by atoms with E-state index in [0.29, 0.717) is 24.9 Å². The second-order valence-corrected chi connectivity index (χ2v) is 6.02. The van der Waals surface area contributed by atoms with Crippen LogP contribution in [-0.4, -0.2) is 37.6 Å². The molecule has 3 aliphatic heterocycles. The van der Waals surface area contributed by atoms with E-state index in [1.54, 1.807) is 4.90 Å². The van der Waals surface area contributed by atoms with Gasteiger partial charge in [-0.3, -0.25) is 4.79 Å². The minimum absolute atomic E-state index is 0.0443. The topological polar surface area (TPSA) is 73.7 Å². The molecule has 0 aliphatic carbocycles. The van der Waals surface area contributed by atoms with Gasteiger partial charge in [0.2, 0.25) is 5.91 Å². The van der Waals surface area contributed by atoms with Gasteiger partial charge in [-0.05, 0) is 18.8 Å². The van der Waals surface area contributed by atoms with Gasteiger partial charge in [-0.15, -0.1) is 6.58 Å². The van der Waals surface area contributed by atoms with Crippen LogP contribution in [0.4, 0.5) is 0 Å². The van der Waals surface area contributed by atoms with Crippen molar-refractivity contribution in [1.29, 1.82) is 0 Å². The van der Waals surface area contributed by atoms with E-state index >= 15 is 0 Å². The van der Waals surface area contributed by atoms with E-state index < -0.39 is 5.97 Å². The van der Waals surface area contributed by atoms with E-state index in [4.69, 9.17) is 0 Å². The summed E-state index contributed by atoms with van der Waals surface area (Å²) in [6.45, 7) is 6.96. The average molecular weight is 280 g/mol. The fourth-order valence-corrected chi connectivity index (χ4v) is 3.57. The Bertz CT molecular complexity index is 383. The molecule has 1 unspecified atom stereocenters. The molecule has 5 heteroatoms. The standard InChI is InChI=1S/C15H24N2O3/c1-2-11-10-17-7-6-12(11)8-13(17)9-16-14(18)4-3-5-15(19)20/h2,11-13H,1,3-10H2,(H,16,18)(H,19,20)/t11-,12-,13+/m0/s1. The summed E-state index contributed by atoms with van der Waals surface area (Å²) in [5.41, 5.74) is 0. The molecular weight excluding hydrogens is 256 g/mol. The predicted octanol–water partition coefficient (Wildman–Crippen LogP) is -1.50. The first-order valence-corrected chi connectivity index (χ1v) is 7.53. The molecule has 3 heterocycles. The van der Waals surface area contributed by atoms with E-state index in [1.165, 1.54) is 13.0 Å². The maximum Gasteiger partial charge on any atom is 0.220 e. The molecule has 0 saturated carbocycles. The molecule has 1 amide bonds. The van der Waals surface area contributed by atoms with Gasteiger partial charge in [0.15, 0.2) is 0 Å². The molecule has 4 atom stereocenters. The van der Waals surface area contributed by atoms with Crippen molar-refractivity contribution in [3.8, 4) is 0 Å². The summed E-state index contributed by atoms with van der Waals surface area (Å²) in [5, 5.41) is 13.2. The quantitative estimate of drug-likeness (QED) is 0.558. The van der Waals surface area contributed by atoms with Crippen molar-refractivity contribution in [2.75, 3.05) is 19.6 Å². The maximum absolute atomic E-state index is 11.6. The van der Waals surface area contributed by atoms with Crippen molar-refractivity contribution < 1.29 is 19.6 Å². The number of carbonyl (C=O) groups is 2. The summed E-state index contributed by atoms with van der Waals surface area (Å²) in [5.74, 6) is 0.223. The van der Waals surface area contributed by atoms with Crippen LogP contribution in [0.15, 0.2) is 12.7 Å². The molecule has 0 aromatic heterocycles. The first-order chi connectivity index (χ1) is 9.60. The third kappa shape index (κ3) is 3.82. The van der Waals surface area contributed by atoms with Gasteiger partial charge in [0.1, 0.15) is 6.04 Å². The van der Waals surface area contributed by atoms with Gasteiger partial charge in [-0.2, -0.15) is 0 Å². The highest BCUT2D eigenvalue weighted by Crippen LogP contribution is 2.27. The van der Waals surface area contributed by atoms with E-state index in [9.17, 15) is 14.7 Å². The normalized spacial score (nSPS) is 31.8. The van der Waals surface area contributed by atoms with Crippen LogP contribution in [0.1, 0.15) is 32.1 Å². The Morgan fingerprint density at radius 2 is 2.20 bits per heavy atom. The van der Waals surface area contributed by atoms with Gasteiger partial charge >= 0.3 is 0 Å². The van der Waals surface area contributed by atoms with E-state index in [1.807, 2.05) is 0 Å². The molecule has 0 radical (unpaired) electrons. The van der Waals surface area contributed by atoms with Crippen LogP contribution >= 0.6 is 0 Å². The number of hydrogen-bond acceptors (Lipinski definition) is 3. The number of amides is 1. The van der Waals surface area contributed by atoms with Crippen LogP contribution in [0.2, 0.25) is 0 Å². The second kappa shape index (κ2) is 6.88. The summed E-state index contributed by atoms with van der Waals surface area (Å²) >= 11 is 0. The Morgan fingerprint density at radius 1 is 1.40 bits per heavy atom. The van der Waals surface area contributed by atoms with Crippen molar-refractivity contribution in [2.45, 2.75) is 38.1 Å². The lowest BCUT2D eigenvalue weighted by Crippen LogP contribution is -3.20. The number of carbonyl (C=O) groups excluding carboxylic acids is 2. The fraction of sp³-hybridized carbons (Fsp3) is 0.733. The maximum atomic E-state index is 11.6. The summed E-state index contributed by atoms with van der Waals surface area (Å²) in [6, 6.07) is 0.509. The number of hydrogen-bond donors (Lipinski definition) is 2. The molecular formula is C15H24N2O3. The molecule has 3 saturated heterocycles. The third-order valence-electron chi connectivity index (χ3n) is 4.74. The molecule has 3 rings (SSSR count). The zero-order valence-electron chi connectivity index (χ0n) is 11.9. The molecule has 3 aliphatic rings. The lowest BCUT2D eigenvalue weighted by molar-refractivity contribution is -0.944. The van der Waals surface area contributed by atoms with Gasteiger partial charge < -0.3 is 20.1 Å². The fourth-order valence-electron chi connectivity index (χ4n) is 3.57. The predicted molar refractivity (Wildman–Crippen MR) is 72.8 cm³/mol. The number of carboxylic acids is 1. The molecule has 0 aromatic carbocycles. The number of rotatable bonds is 7. The van der Waals surface area contributed by atoms with Crippen LogP contribution in [0.25, 0.3) is 0 Å². The lowest BCUT2D eigenvalue weighted by Gasteiger charge is -2.46. The van der Waals surface area contributed by atoms with E-state index in [0.717, 1.165) is 18.9 Å². The van der Waals surface area contributed by atoms with Crippen molar-refractivity contribution in [2.24, 2.45) is 11.8 Å². The molecule has 2 bridgehead atoms. The molecule has 5 nitrogen and oxygen atoms in total. The zero-order valence-corrected chi connectivity index (χ0v) is 11.9. The smallest absolute Gasteiger partial charge is 0.220 e. The molecule has 3 fully saturated rings. The Morgan fingerprint density at radius 3 is 2.80 bits per heavy atom. The second-order valence-electron chi connectivity index (χ2n) is 6.02. The van der Waals surface area contributed by atoms with Gasteiger partial charge in [0, 0.05) is 31.1 Å². The molecule has 20 heavy (non-hydrogen) atoms. The molecule has 0 aromatic rings. The lowest BCUT2D eigenvalue weighted by atomic mass is 9.75. The number of quaternary nitrogens is 1. The summed E-state index contributed by atoms with van der Waals surface area (Å²) in [7, 11) is 0. The minimum Gasteiger partial charge on any atom is -0.550 e. The monoisotopic (exact) mass is 280 g/mol. The van der Waals surface area contributed by atoms with Crippen molar-refractivity contribution >= 4 is 11.9 Å². The summed E-state index contributed by atoms with van der Waals surface area (Å²) in [6.07, 6.45) is 5.09. The van der Waals surface area contributed by atoms with Crippen molar-refractivity contribution in [3.63, 3.8) is 0 Å². The Kier molecular flexibility index (Phi) is 5.17. The number of carboxylic acid groups (broad SMARTS) is 1. The largest absolute Gasteiger partial charge is 0.550 e. The number of fused-ring (bicyclic) bond motifs is 3. The third-order valence-corrected chi connectivity index (χ3v) is 4.74. The van der Waals surface area contributed by atoms with Crippen LogP contribution in [0.5, 0.6) is 0 Å². The van der Waals surface area contributed by atoms with Crippen molar-refractivity contribution in [3.05, 3.63) is 12.7 Å². The zero-order chi connectivity index (χ0) is 14.5. The number of nitrogens with one attached hydrogen (secondary N) is 2. The minimum atomic E-state index is -1.09. The highest BCUT2D eigenvalue weighted by Gasteiger charge is 2.42. The van der Waals surface area contributed by atoms with Gasteiger partial charge in [-0.1, -0.05) is 6.08 Å². The Hall–Kier alpha value is -1.36. The highest BCUT2D eigenvalue weighted by atomic mass is 16.4. The number of aliphatic carboxylic acids is 1. The van der Waals surface area contributed by atoms with Crippen LogP contribution in [0, 0.1) is 11.8 Å². The summed E-state index contributed by atoms with van der Waals surface area (Å²) in [4.78, 5) is 23.5. The summed E-state index contributed by atoms with van der Waals surface area (Å²) < 4.78 is 0. The number of piperidine rings is 3. The van der Waals surface area contributed by atoms with E-state index in [-0.39, 0.29) is 18.7 Å². The van der Waals surface area contributed by atoms with Crippen LogP contribution in [0.3, 0.4) is 0 Å². The molecule has 2 N–H and O–H groups in total. The Balaban J connectivity index is 1.69. The first-order valence-electron chi connectivity index (χ1n) is 7.53. The van der Waals surface area contributed by atoms with Gasteiger partial charge in [0.05, 0.1) is 19.6 Å². The van der Waals surface area contributed by atoms with Gasteiger partial charge in [-0.25, -0.2) is 0 Å². The van der Waals surface area contributed by atoms with Crippen LogP contribution in [-0.2, 0) is 9.59 Å². The molecule has 112 valence electrons.